The van der Waals surface area contributed by atoms with Gasteiger partial charge in [-0.15, -0.1) is 0 Å². The van der Waals surface area contributed by atoms with Crippen LogP contribution in [0.4, 0.5) is 0 Å². The first-order valence-electron chi connectivity index (χ1n) is 6.89. The van der Waals surface area contributed by atoms with Crippen LogP contribution in [0.2, 0.25) is 5.02 Å². The maximum atomic E-state index is 9.10. The number of carboxylic acid groups (broad SMARTS) is 2. The van der Waals surface area contributed by atoms with Crippen LogP contribution in [-0.4, -0.2) is 22.2 Å². The molecule has 2 rings (SSSR count). The second-order valence-electron chi connectivity index (χ2n) is 4.75. The lowest BCUT2D eigenvalue weighted by Crippen LogP contribution is -2.17. The van der Waals surface area contributed by atoms with Crippen LogP contribution in [0.1, 0.15) is 24.1 Å². The minimum Gasteiger partial charge on any atom is -0.473 e. The van der Waals surface area contributed by atoms with Crippen LogP contribution in [-0.2, 0) is 16.1 Å². The molecule has 3 N–H and O–H groups in total. The molecule has 0 bridgehead atoms. The summed E-state index contributed by atoms with van der Waals surface area (Å²) in [5, 5.41) is 19.1. The van der Waals surface area contributed by atoms with Gasteiger partial charge in [-0.1, -0.05) is 54.1 Å². The minimum atomic E-state index is -1.82. The predicted octanol–water partition coefficient (Wildman–Crippen LogP) is 3.35. The molecule has 0 heterocycles. The zero-order valence-corrected chi connectivity index (χ0v) is 13.3. The van der Waals surface area contributed by atoms with E-state index in [9.17, 15) is 0 Å². The highest BCUT2D eigenvalue weighted by Gasteiger charge is 2.04. The van der Waals surface area contributed by atoms with Gasteiger partial charge >= 0.3 is 11.9 Å². The molecule has 0 amide bonds. The first-order chi connectivity index (χ1) is 10.9. The number of aliphatic carboxylic acids is 2. The van der Waals surface area contributed by atoms with Gasteiger partial charge in [0, 0.05) is 17.6 Å². The topological polar surface area (TPSA) is 86.6 Å². The van der Waals surface area contributed by atoms with E-state index >= 15 is 0 Å². The van der Waals surface area contributed by atoms with Crippen molar-refractivity contribution in [1.82, 2.24) is 5.32 Å². The van der Waals surface area contributed by atoms with E-state index in [1.54, 1.807) is 0 Å². The fraction of sp³-hybridized carbons (Fsp3) is 0.176. The Labute approximate surface area is 139 Å². The molecule has 0 saturated carbocycles. The van der Waals surface area contributed by atoms with Crippen LogP contribution in [0.3, 0.4) is 0 Å². The van der Waals surface area contributed by atoms with Crippen LogP contribution in [0, 0.1) is 0 Å². The number of hydrogen-bond donors (Lipinski definition) is 3. The molecular formula is C17H18ClNO4. The van der Waals surface area contributed by atoms with Crippen molar-refractivity contribution in [2.75, 3.05) is 0 Å². The van der Waals surface area contributed by atoms with Gasteiger partial charge in [0.25, 0.3) is 0 Å². The standard InChI is InChI=1S/C15H16ClN.C2H2O4/c1-12(14-5-3-2-4-6-14)17-11-13-7-9-15(16)10-8-13;3-1(4)2(5)6/h2-10,12,17H,11H2,1H3;(H,3,4)(H,5,6). The zero-order chi connectivity index (χ0) is 17.2. The first kappa shape index (κ1) is 18.7. The molecule has 6 heteroatoms. The van der Waals surface area contributed by atoms with Gasteiger partial charge in [-0.05, 0) is 30.2 Å². The summed E-state index contributed by atoms with van der Waals surface area (Å²) in [6.45, 7) is 3.03. The smallest absolute Gasteiger partial charge is 0.414 e. The fourth-order valence-corrected chi connectivity index (χ4v) is 1.86. The predicted molar refractivity (Wildman–Crippen MR) is 88.4 cm³/mol. The van der Waals surface area contributed by atoms with Gasteiger partial charge in [0.2, 0.25) is 0 Å². The zero-order valence-electron chi connectivity index (χ0n) is 12.6. The molecule has 0 fully saturated rings. The van der Waals surface area contributed by atoms with Crippen molar-refractivity contribution in [3.05, 3.63) is 70.7 Å². The molecule has 2 aromatic rings. The van der Waals surface area contributed by atoms with Crippen LogP contribution in [0.5, 0.6) is 0 Å². The monoisotopic (exact) mass is 335 g/mol. The Morgan fingerprint density at radius 1 is 1.00 bits per heavy atom. The van der Waals surface area contributed by atoms with Gasteiger partial charge in [0.15, 0.2) is 0 Å². The summed E-state index contributed by atoms with van der Waals surface area (Å²) in [6.07, 6.45) is 0. The molecule has 5 nitrogen and oxygen atoms in total. The SMILES string of the molecule is CC(NCc1ccc(Cl)cc1)c1ccccc1.O=C(O)C(=O)O. The molecule has 0 aromatic heterocycles. The average molecular weight is 336 g/mol. The largest absolute Gasteiger partial charge is 0.473 e. The highest BCUT2D eigenvalue weighted by Crippen LogP contribution is 2.13. The Hall–Kier alpha value is -2.37. The summed E-state index contributed by atoms with van der Waals surface area (Å²) in [6, 6.07) is 18.7. The maximum Gasteiger partial charge on any atom is 0.414 e. The summed E-state index contributed by atoms with van der Waals surface area (Å²) in [4.78, 5) is 18.2. The average Bonchev–Trinajstić information content (AvgIpc) is 2.55. The Morgan fingerprint density at radius 3 is 2.00 bits per heavy atom. The van der Waals surface area contributed by atoms with Crippen molar-refractivity contribution in [2.45, 2.75) is 19.5 Å². The second-order valence-corrected chi connectivity index (χ2v) is 5.19. The van der Waals surface area contributed by atoms with Crippen LogP contribution in [0.15, 0.2) is 54.6 Å². The summed E-state index contributed by atoms with van der Waals surface area (Å²) in [5.74, 6) is -3.65. The Balaban J connectivity index is 0.000000379. The van der Waals surface area contributed by atoms with E-state index in [1.165, 1.54) is 11.1 Å². The van der Waals surface area contributed by atoms with Crippen molar-refractivity contribution in [3.63, 3.8) is 0 Å². The third kappa shape index (κ3) is 7.44. The Bertz CT molecular complexity index is 617. The first-order valence-corrected chi connectivity index (χ1v) is 7.27. The number of carbonyl (C=O) groups is 2. The summed E-state index contributed by atoms with van der Waals surface area (Å²) >= 11 is 5.85. The van der Waals surface area contributed by atoms with E-state index in [4.69, 9.17) is 31.4 Å². The van der Waals surface area contributed by atoms with E-state index < -0.39 is 11.9 Å². The van der Waals surface area contributed by atoms with Crippen molar-refractivity contribution in [1.29, 1.82) is 0 Å². The Morgan fingerprint density at radius 2 is 1.52 bits per heavy atom. The number of benzene rings is 2. The van der Waals surface area contributed by atoms with E-state index in [2.05, 4.69) is 36.5 Å². The van der Waals surface area contributed by atoms with Gasteiger partial charge < -0.3 is 15.5 Å². The minimum absolute atomic E-state index is 0.354. The molecule has 122 valence electrons. The quantitative estimate of drug-likeness (QED) is 0.746. The van der Waals surface area contributed by atoms with Crippen molar-refractivity contribution in [2.24, 2.45) is 0 Å². The van der Waals surface area contributed by atoms with Crippen LogP contribution >= 0.6 is 11.6 Å². The highest BCUT2D eigenvalue weighted by molar-refractivity contribution is 6.30. The molecule has 0 radical (unpaired) electrons. The molecule has 23 heavy (non-hydrogen) atoms. The summed E-state index contributed by atoms with van der Waals surface area (Å²) in [7, 11) is 0. The lowest BCUT2D eigenvalue weighted by molar-refractivity contribution is -0.159. The molecule has 0 saturated heterocycles. The molecule has 0 aliphatic rings. The van der Waals surface area contributed by atoms with Gasteiger partial charge in [0.05, 0.1) is 0 Å². The van der Waals surface area contributed by atoms with E-state index in [1.807, 2.05) is 30.3 Å². The summed E-state index contributed by atoms with van der Waals surface area (Å²) in [5.41, 5.74) is 2.55. The van der Waals surface area contributed by atoms with E-state index in [0.29, 0.717) is 6.04 Å². The van der Waals surface area contributed by atoms with Crippen molar-refractivity contribution >= 4 is 23.5 Å². The third-order valence-electron chi connectivity index (χ3n) is 3.01. The normalized spacial score (nSPS) is 11.0. The van der Waals surface area contributed by atoms with Crippen molar-refractivity contribution in [3.8, 4) is 0 Å². The molecular weight excluding hydrogens is 318 g/mol. The summed E-state index contributed by atoms with van der Waals surface area (Å²) < 4.78 is 0. The second kappa shape index (κ2) is 9.61. The Kier molecular flexibility index (Phi) is 7.80. The van der Waals surface area contributed by atoms with Gasteiger partial charge in [-0.25, -0.2) is 9.59 Å². The molecule has 1 atom stereocenters. The van der Waals surface area contributed by atoms with Crippen LogP contribution in [0.25, 0.3) is 0 Å². The molecule has 0 aliphatic carbocycles. The lowest BCUT2D eigenvalue weighted by atomic mass is 10.1. The van der Waals surface area contributed by atoms with Gasteiger partial charge in [-0.3, -0.25) is 0 Å². The van der Waals surface area contributed by atoms with Crippen molar-refractivity contribution < 1.29 is 19.8 Å². The lowest BCUT2D eigenvalue weighted by Gasteiger charge is -2.14. The van der Waals surface area contributed by atoms with Gasteiger partial charge in [0.1, 0.15) is 0 Å². The van der Waals surface area contributed by atoms with E-state index in [0.717, 1.165) is 11.6 Å². The maximum absolute atomic E-state index is 9.10. The third-order valence-corrected chi connectivity index (χ3v) is 3.26. The highest BCUT2D eigenvalue weighted by atomic mass is 35.5. The number of carboxylic acids is 2. The van der Waals surface area contributed by atoms with Crippen LogP contribution < -0.4 is 5.32 Å². The molecule has 0 aliphatic heterocycles. The number of halogens is 1. The van der Waals surface area contributed by atoms with E-state index in [-0.39, 0.29) is 0 Å². The number of nitrogens with one attached hydrogen (secondary N) is 1. The fourth-order valence-electron chi connectivity index (χ4n) is 1.73. The molecule has 0 spiro atoms. The van der Waals surface area contributed by atoms with Gasteiger partial charge in [-0.2, -0.15) is 0 Å². The number of rotatable bonds is 4. The number of hydrogen-bond acceptors (Lipinski definition) is 3. The molecule has 2 aromatic carbocycles. The molecule has 1 unspecified atom stereocenters.